The van der Waals surface area contributed by atoms with E-state index < -0.39 is 0 Å². The van der Waals surface area contributed by atoms with Gasteiger partial charge in [-0.15, -0.1) is 0 Å². The molecule has 19 heavy (non-hydrogen) atoms. The third-order valence-electron chi connectivity index (χ3n) is 2.78. The maximum absolute atomic E-state index is 5.87. The quantitative estimate of drug-likeness (QED) is 0.651. The number of nitrogens with one attached hydrogen (secondary N) is 1. The zero-order valence-electron chi connectivity index (χ0n) is 10.8. The molecule has 3 N–H and O–H groups in total. The zero-order chi connectivity index (χ0) is 13.7. The predicted molar refractivity (Wildman–Crippen MR) is 78.7 cm³/mol. The number of aromatic nitrogens is 1. The molecule has 0 bridgehead atoms. The second kappa shape index (κ2) is 6.52. The summed E-state index contributed by atoms with van der Waals surface area (Å²) < 4.78 is 0. The minimum atomic E-state index is 0.759. The largest absolute Gasteiger partial charge is 0.324 e. The summed E-state index contributed by atoms with van der Waals surface area (Å²) in [5, 5.41) is 0.759. The highest BCUT2D eigenvalue weighted by atomic mass is 35.5. The third kappa shape index (κ3) is 4.21. The van der Waals surface area contributed by atoms with E-state index in [9.17, 15) is 0 Å². The summed E-state index contributed by atoms with van der Waals surface area (Å²) in [5.74, 6) is 5.38. The van der Waals surface area contributed by atoms with Crippen molar-refractivity contribution in [3.63, 3.8) is 0 Å². The summed E-state index contributed by atoms with van der Waals surface area (Å²) in [6.45, 7) is 1.61. The fraction of sp³-hybridized carbons (Fsp3) is 0.214. The molecule has 1 aromatic heterocycles. The van der Waals surface area contributed by atoms with Crippen LogP contribution in [0.2, 0.25) is 5.02 Å². The molecule has 1 aromatic carbocycles. The highest BCUT2D eigenvalue weighted by Crippen LogP contribution is 2.13. The molecule has 0 aliphatic carbocycles. The van der Waals surface area contributed by atoms with Crippen LogP contribution >= 0.6 is 11.6 Å². The molecule has 0 saturated heterocycles. The molecule has 1 heterocycles. The van der Waals surface area contributed by atoms with Gasteiger partial charge in [0.2, 0.25) is 0 Å². The van der Waals surface area contributed by atoms with Crippen molar-refractivity contribution < 1.29 is 0 Å². The molecule has 2 aromatic rings. The van der Waals surface area contributed by atoms with Gasteiger partial charge in [0, 0.05) is 24.3 Å². The van der Waals surface area contributed by atoms with Gasteiger partial charge in [-0.2, -0.15) is 0 Å². The lowest BCUT2D eigenvalue weighted by molar-refractivity contribution is 0.315. The average molecular weight is 277 g/mol. The topological polar surface area (TPSA) is 54.2 Å². The molecule has 100 valence electrons. The van der Waals surface area contributed by atoms with Crippen LogP contribution < -0.4 is 11.3 Å². The SMILES string of the molecule is CN(Cc1ccc(Cl)cc1)Cc1cc(NN)ccn1. The molecular formula is C14H17ClN4. The van der Waals surface area contributed by atoms with E-state index in [1.165, 1.54) is 5.56 Å². The first-order chi connectivity index (χ1) is 9.17. The Labute approximate surface area is 118 Å². The predicted octanol–water partition coefficient (Wildman–Crippen LogP) is 2.65. The smallest absolute Gasteiger partial charge is 0.0564 e. The Hall–Kier alpha value is -1.62. The van der Waals surface area contributed by atoms with Crippen molar-refractivity contribution in [1.82, 2.24) is 9.88 Å². The molecule has 2 rings (SSSR count). The number of hydrogen-bond acceptors (Lipinski definition) is 4. The van der Waals surface area contributed by atoms with Crippen molar-refractivity contribution >= 4 is 17.3 Å². The second-order valence-corrected chi connectivity index (χ2v) is 4.92. The van der Waals surface area contributed by atoms with Crippen molar-refractivity contribution in [1.29, 1.82) is 0 Å². The molecule has 0 fully saturated rings. The Balaban J connectivity index is 1.96. The number of hydrazine groups is 1. The van der Waals surface area contributed by atoms with Crippen LogP contribution in [0.15, 0.2) is 42.6 Å². The van der Waals surface area contributed by atoms with Gasteiger partial charge in [0.15, 0.2) is 0 Å². The number of pyridine rings is 1. The van der Waals surface area contributed by atoms with E-state index in [2.05, 4.69) is 22.4 Å². The number of nitrogen functional groups attached to an aromatic ring is 1. The Kier molecular flexibility index (Phi) is 4.74. The summed E-state index contributed by atoms with van der Waals surface area (Å²) in [5.41, 5.74) is 5.69. The van der Waals surface area contributed by atoms with Crippen LogP contribution in [0, 0.1) is 0 Å². The van der Waals surface area contributed by atoms with Gasteiger partial charge >= 0.3 is 0 Å². The monoisotopic (exact) mass is 276 g/mol. The van der Waals surface area contributed by atoms with Gasteiger partial charge in [0.25, 0.3) is 0 Å². The molecule has 0 aliphatic rings. The molecule has 0 radical (unpaired) electrons. The highest BCUT2D eigenvalue weighted by Gasteiger charge is 2.03. The second-order valence-electron chi connectivity index (χ2n) is 4.48. The zero-order valence-corrected chi connectivity index (χ0v) is 11.6. The van der Waals surface area contributed by atoms with Crippen LogP contribution in [0.3, 0.4) is 0 Å². The summed E-state index contributed by atoms with van der Waals surface area (Å²) in [6, 6.07) is 11.7. The standard InChI is InChI=1S/C14H17ClN4/c1-19(9-11-2-4-12(15)5-3-11)10-14-8-13(18-16)6-7-17-14/h2-8H,9-10,16H2,1H3,(H,17,18). The molecule has 4 nitrogen and oxygen atoms in total. The Bertz CT molecular complexity index is 527. The Morgan fingerprint density at radius 2 is 1.95 bits per heavy atom. The summed E-state index contributed by atoms with van der Waals surface area (Å²) in [4.78, 5) is 6.51. The van der Waals surface area contributed by atoms with E-state index in [-0.39, 0.29) is 0 Å². The van der Waals surface area contributed by atoms with E-state index >= 15 is 0 Å². The lowest BCUT2D eigenvalue weighted by atomic mass is 10.2. The van der Waals surface area contributed by atoms with E-state index in [0.717, 1.165) is 29.5 Å². The van der Waals surface area contributed by atoms with Crippen molar-refractivity contribution in [3.8, 4) is 0 Å². The maximum atomic E-state index is 5.87. The Morgan fingerprint density at radius 1 is 1.21 bits per heavy atom. The molecule has 0 amide bonds. The number of benzene rings is 1. The fourth-order valence-corrected chi connectivity index (χ4v) is 2.01. The van der Waals surface area contributed by atoms with Gasteiger partial charge in [-0.1, -0.05) is 23.7 Å². The molecule has 0 unspecified atom stereocenters. The van der Waals surface area contributed by atoms with Crippen LogP contribution in [0.4, 0.5) is 5.69 Å². The number of anilines is 1. The van der Waals surface area contributed by atoms with Crippen LogP contribution in [0.25, 0.3) is 0 Å². The summed E-state index contributed by atoms with van der Waals surface area (Å²) >= 11 is 5.87. The maximum Gasteiger partial charge on any atom is 0.0564 e. The Morgan fingerprint density at radius 3 is 2.63 bits per heavy atom. The van der Waals surface area contributed by atoms with Gasteiger partial charge in [-0.3, -0.25) is 15.7 Å². The van der Waals surface area contributed by atoms with E-state index in [1.54, 1.807) is 6.20 Å². The molecule has 0 aliphatic heterocycles. The number of hydrogen-bond donors (Lipinski definition) is 2. The van der Waals surface area contributed by atoms with Crippen molar-refractivity contribution in [3.05, 3.63) is 58.9 Å². The van der Waals surface area contributed by atoms with Gasteiger partial charge in [-0.25, -0.2) is 0 Å². The van der Waals surface area contributed by atoms with Crippen LogP contribution in [0.1, 0.15) is 11.3 Å². The van der Waals surface area contributed by atoms with Crippen LogP contribution in [0.5, 0.6) is 0 Å². The van der Waals surface area contributed by atoms with Crippen molar-refractivity contribution in [2.24, 2.45) is 5.84 Å². The summed E-state index contributed by atoms with van der Waals surface area (Å²) in [7, 11) is 2.05. The molecule has 5 heteroatoms. The van der Waals surface area contributed by atoms with E-state index in [1.807, 2.05) is 36.4 Å². The fourth-order valence-electron chi connectivity index (χ4n) is 1.89. The van der Waals surface area contributed by atoms with Crippen molar-refractivity contribution in [2.45, 2.75) is 13.1 Å². The van der Waals surface area contributed by atoms with Gasteiger partial charge in [0.1, 0.15) is 0 Å². The minimum absolute atomic E-state index is 0.759. The van der Waals surface area contributed by atoms with Crippen LogP contribution in [-0.2, 0) is 13.1 Å². The third-order valence-corrected chi connectivity index (χ3v) is 3.03. The number of halogens is 1. The number of nitrogens with two attached hydrogens (primary N) is 1. The number of rotatable bonds is 5. The lowest BCUT2D eigenvalue weighted by Gasteiger charge is -2.16. The van der Waals surface area contributed by atoms with Crippen LogP contribution in [-0.4, -0.2) is 16.9 Å². The van der Waals surface area contributed by atoms with E-state index in [0.29, 0.717) is 0 Å². The van der Waals surface area contributed by atoms with Gasteiger partial charge in [-0.05, 0) is 36.9 Å². The highest BCUT2D eigenvalue weighted by molar-refractivity contribution is 6.30. The normalized spacial score (nSPS) is 10.7. The number of nitrogens with zero attached hydrogens (tertiary/aromatic N) is 2. The lowest BCUT2D eigenvalue weighted by Crippen LogP contribution is -2.18. The first kappa shape index (κ1) is 13.8. The van der Waals surface area contributed by atoms with Gasteiger partial charge in [0.05, 0.1) is 11.4 Å². The van der Waals surface area contributed by atoms with Crippen molar-refractivity contribution in [2.75, 3.05) is 12.5 Å². The summed E-state index contributed by atoms with van der Waals surface area (Å²) in [6.07, 6.45) is 1.75. The first-order valence-electron chi connectivity index (χ1n) is 6.02. The average Bonchev–Trinajstić information content (AvgIpc) is 2.41. The molecule has 0 atom stereocenters. The van der Waals surface area contributed by atoms with E-state index in [4.69, 9.17) is 17.4 Å². The molecule has 0 saturated carbocycles. The first-order valence-corrected chi connectivity index (χ1v) is 6.39. The minimum Gasteiger partial charge on any atom is -0.324 e. The van der Waals surface area contributed by atoms with Gasteiger partial charge < -0.3 is 5.43 Å². The molecule has 0 spiro atoms. The molecular weight excluding hydrogens is 260 g/mol.